The van der Waals surface area contributed by atoms with Crippen LogP contribution in [0.3, 0.4) is 0 Å². The summed E-state index contributed by atoms with van der Waals surface area (Å²) in [6.07, 6.45) is 97.4. The molecule has 0 fully saturated rings. The van der Waals surface area contributed by atoms with Crippen molar-refractivity contribution < 1.29 is 24.5 Å². The molecule has 0 heterocycles. The van der Waals surface area contributed by atoms with Crippen LogP contribution in [-0.4, -0.2) is 47.4 Å². The molecule has 0 saturated heterocycles. The molecule has 6 nitrogen and oxygen atoms in total. The fraction of sp³-hybridized carbons (Fsp3) is 0.925. The summed E-state index contributed by atoms with van der Waals surface area (Å²) in [5, 5.41) is 23.2. The molecule has 0 radical (unpaired) electrons. The molecule has 0 aliphatic rings. The fourth-order valence-corrected chi connectivity index (χ4v) is 12.7. The minimum absolute atomic E-state index is 0.0204. The van der Waals surface area contributed by atoms with E-state index in [1.165, 1.54) is 385 Å². The monoisotopic (exact) mass is 1210 g/mol. The minimum Gasteiger partial charge on any atom is -0.466 e. The van der Waals surface area contributed by atoms with Gasteiger partial charge in [-0.25, -0.2) is 0 Å². The third-order valence-electron chi connectivity index (χ3n) is 18.7. The van der Waals surface area contributed by atoms with Crippen LogP contribution in [0.1, 0.15) is 450 Å². The number of rotatable bonds is 75. The summed E-state index contributed by atoms with van der Waals surface area (Å²) >= 11 is 0. The van der Waals surface area contributed by atoms with Gasteiger partial charge in [0.25, 0.3) is 0 Å². The van der Waals surface area contributed by atoms with E-state index in [0.29, 0.717) is 19.4 Å². The zero-order valence-corrected chi connectivity index (χ0v) is 58.6. The second-order valence-corrected chi connectivity index (χ2v) is 27.4. The molecule has 0 rings (SSSR count). The van der Waals surface area contributed by atoms with Crippen molar-refractivity contribution in [2.45, 2.75) is 463 Å². The fourth-order valence-electron chi connectivity index (χ4n) is 12.7. The van der Waals surface area contributed by atoms with Crippen molar-refractivity contribution in [2.24, 2.45) is 0 Å². The molecule has 510 valence electrons. The standard InChI is InChI=1S/C80H155NO5/c1-3-5-7-9-11-13-15-17-19-21-42-46-50-54-58-62-66-70-74-80(85)86-75-71-67-63-59-55-51-47-43-40-38-36-34-32-30-28-26-24-22-23-25-27-29-31-33-35-37-39-41-45-49-53-57-61-65-69-73-79(84)81-77(76-82)78(83)72-68-64-60-56-52-48-44-20-18-16-14-12-10-8-6-4-2/h19,21,68,72,77-78,82-83H,3-18,20,22-67,69-71,73-76H2,1-2H3,(H,81,84)/b21-19-,72-68+. The Bertz CT molecular complexity index is 1350. The molecule has 2 unspecified atom stereocenters. The Labute approximate surface area is 539 Å². The summed E-state index contributed by atoms with van der Waals surface area (Å²) in [5.41, 5.74) is 0. The Hall–Kier alpha value is -1.66. The van der Waals surface area contributed by atoms with Gasteiger partial charge in [-0.15, -0.1) is 0 Å². The van der Waals surface area contributed by atoms with Crippen molar-refractivity contribution in [1.29, 1.82) is 0 Å². The molecule has 0 bridgehead atoms. The van der Waals surface area contributed by atoms with Crippen molar-refractivity contribution in [2.75, 3.05) is 13.2 Å². The zero-order chi connectivity index (χ0) is 62.0. The van der Waals surface area contributed by atoms with Crippen LogP contribution in [0.15, 0.2) is 24.3 Å². The maximum Gasteiger partial charge on any atom is 0.305 e. The molecule has 0 aromatic heterocycles. The average molecular weight is 1210 g/mol. The van der Waals surface area contributed by atoms with Gasteiger partial charge < -0.3 is 20.3 Å². The summed E-state index contributed by atoms with van der Waals surface area (Å²) in [6.45, 7) is 4.95. The highest BCUT2D eigenvalue weighted by molar-refractivity contribution is 5.76. The van der Waals surface area contributed by atoms with Gasteiger partial charge in [0.2, 0.25) is 5.91 Å². The number of aliphatic hydroxyl groups excluding tert-OH is 2. The molecule has 86 heavy (non-hydrogen) atoms. The summed E-state index contributed by atoms with van der Waals surface area (Å²) in [7, 11) is 0. The molecule has 0 aromatic carbocycles. The van der Waals surface area contributed by atoms with E-state index in [-0.39, 0.29) is 18.5 Å². The van der Waals surface area contributed by atoms with Crippen LogP contribution in [0.5, 0.6) is 0 Å². The van der Waals surface area contributed by atoms with Crippen LogP contribution < -0.4 is 5.32 Å². The van der Waals surface area contributed by atoms with Crippen LogP contribution in [0.25, 0.3) is 0 Å². The Morgan fingerprint density at radius 3 is 0.826 bits per heavy atom. The van der Waals surface area contributed by atoms with Crippen LogP contribution in [0.2, 0.25) is 0 Å². The number of aliphatic hydroxyl groups is 2. The molecule has 1 amide bonds. The molecule has 0 aromatic rings. The maximum atomic E-state index is 12.5. The SMILES string of the molecule is CCCCCCCCC/C=C\CCCCCCCCCC(=O)OCCCCCCCCCCCCCCCCCCCCCCCCCCCCCCCCCCCCCC(=O)NC(CO)C(O)/C=C/CCCCCCCCCCCCCCCC. The van der Waals surface area contributed by atoms with Crippen molar-refractivity contribution in [3.8, 4) is 0 Å². The van der Waals surface area contributed by atoms with Crippen molar-refractivity contribution in [3.05, 3.63) is 24.3 Å². The number of amides is 1. The predicted octanol–water partition coefficient (Wildman–Crippen LogP) is 26.0. The minimum atomic E-state index is -0.840. The lowest BCUT2D eigenvalue weighted by Crippen LogP contribution is -2.45. The maximum absolute atomic E-state index is 12.5. The Balaban J connectivity index is 3.31. The average Bonchev–Trinajstić information content (AvgIpc) is 3.60. The topological polar surface area (TPSA) is 95.9 Å². The van der Waals surface area contributed by atoms with Gasteiger partial charge in [0.05, 0.1) is 25.4 Å². The van der Waals surface area contributed by atoms with Crippen LogP contribution >= 0.6 is 0 Å². The molecular weight excluding hydrogens is 1050 g/mol. The first kappa shape index (κ1) is 84.3. The number of unbranched alkanes of at least 4 members (excludes halogenated alkanes) is 62. The van der Waals surface area contributed by atoms with Crippen molar-refractivity contribution in [3.63, 3.8) is 0 Å². The molecule has 3 N–H and O–H groups in total. The summed E-state index contributed by atoms with van der Waals surface area (Å²) in [4.78, 5) is 24.6. The van der Waals surface area contributed by atoms with Gasteiger partial charge in [0, 0.05) is 12.8 Å². The van der Waals surface area contributed by atoms with Crippen LogP contribution in [-0.2, 0) is 14.3 Å². The highest BCUT2D eigenvalue weighted by Gasteiger charge is 2.18. The first-order chi connectivity index (χ1) is 42.5. The van der Waals surface area contributed by atoms with Gasteiger partial charge in [-0.1, -0.05) is 404 Å². The van der Waals surface area contributed by atoms with Gasteiger partial charge in [-0.3, -0.25) is 9.59 Å². The van der Waals surface area contributed by atoms with Gasteiger partial charge in [0.1, 0.15) is 0 Å². The first-order valence-corrected chi connectivity index (χ1v) is 39.6. The van der Waals surface area contributed by atoms with Crippen molar-refractivity contribution >= 4 is 11.9 Å². The van der Waals surface area contributed by atoms with Crippen LogP contribution in [0.4, 0.5) is 0 Å². The molecule has 0 aliphatic carbocycles. The predicted molar refractivity (Wildman–Crippen MR) is 380 cm³/mol. The lowest BCUT2D eigenvalue weighted by molar-refractivity contribution is -0.143. The lowest BCUT2D eigenvalue weighted by atomic mass is 10.0. The van der Waals surface area contributed by atoms with Crippen molar-refractivity contribution in [1.82, 2.24) is 5.32 Å². The van der Waals surface area contributed by atoms with E-state index >= 15 is 0 Å². The molecule has 2 atom stereocenters. The van der Waals surface area contributed by atoms with Gasteiger partial charge in [0.15, 0.2) is 0 Å². The number of allylic oxidation sites excluding steroid dienone is 3. The lowest BCUT2D eigenvalue weighted by Gasteiger charge is -2.20. The van der Waals surface area contributed by atoms with E-state index in [1.54, 1.807) is 6.08 Å². The van der Waals surface area contributed by atoms with Gasteiger partial charge in [-0.05, 0) is 57.8 Å². The van der Waals surface area contributed by atoms with E-state index in [4.69, 9.17) is 4.74 Å². The second kappa shape index (κ2) is 75.8. The van der Waals surface area contributed by atoms with Gasteiger partial charge in [-0.2, -0.15) is 0 Å². The summed E-state index contributed by atoms with van der Waals surface area (Å²) in [6, 6.07) is -0.623. The zero-order valence-electron chi connectivity index (χ0n) is 58.6. The normalized spacial score (nSPS) is 12.6. The van der Waals surface area contributed by atoms with E-state index in [9.17, 15) is 19.8 Å². The second-order valence-electron chi connectivity index (χ2n) is 27.4. The van der Waals surface area contributed by atoms with E-state index < -0.39 is 12.1 Å². The number of hydrogen-bond acceptors (Lipinski definition) is 5. The molecule has 6 heteroatoms. The molecule has 0 aliphatic heterocycles. The Morgan fingerprint density at radius 2 is 0.547 bits per heavy atom. The molecule has 0 spiro atoms. The number of carbonyl (C=O) groups is 2. The molecule has 0 saturated carbocycles. The third-order valence-corrected chi connectivity index (χ3v) is 18.7. The van der Waals surface area contributed by atoms with Crippen LogP contribution in [0, 0.1) is 0 Å². The Morgan fingerprint density at radius 1 is 0.314 bits per heavy atom. The third kappa shape index (κ3) is 71.4. The summed E-state index contributed by atoms with van der Waals surface area (Å²) in [5.74, 6) is -0.0388. The largest absolute Gasteiger partial charge is 0.466 e. The number of carbonyl (C=O) groups excluding carboxylic acids is 2. The van der Waals surface area contributed by atoms with Gasteiger partial charge >= 0.3 is 5.97 Å². The smallest absolute Gasteiger partial charge is 0.305 e. The Kier molecular flexibility index (Phi) is 74.3. The summed E-state index contributed by atoms with van der Waals surface area (Å²) < 4.78 is 5.51. The van der Waals surface area contributed by atoms with E-state index in [2.05, 4.69) is 31.3 Å². The highest BCUT2D eigenvalue weighted by Crippen LogP contribution is 2.20. The number of ether oxygens (including phenoxy) is 1. The first-order valence-electron chi connectivity index (χ1n) is 39.6. The number of hydrogen-bond donors (Lipinski definition) is 3. The number of esters is 1. The quantitative estimate of drug-likeness (QED) is 0.0320. The molecular formula is C80H155NO5. The van der Waals surface area contributed by atoms with E-state index in [1.807, 2.05) is 6.08 Å². The number of nitrogens with one attached hydrogen (secondary N) is 1. The highest BCUT2D eigenvalue weighted by atomic mass is 16.5. The van der Waals surface area contributed by atoms with E-state index in [0.717, 1.165) is 38.5 Å².